The van der Waals surface area contributed by atoms with Crippen molar-refractivity contribution in [2.24, 2.45) is 0 Å². The summed E-state index contributed by atoms with van der Waals surface area (Å²) in [5.74, 6) is 1.22. The molecule has 5 nitrogen and oxygen atoms in total. The Labute approximate surface area is 256 Å². The summed E-state index contributed by atoms with van der Waals surface area (Å²) in [5.41, 5.74) is 2.92. The highest BCUT2D eigenvalue weighted by Crippen LogP contribution is 2.30. The molecule has 0 N–H and O–H groups in total. The van der Waals surface area contributed by atoms with E-state index in [-0.39, 0.29) is 0 Å². The fourth-order valence-corrected chi connectivity index (χ4v) is 11.0. The molecule has 0 bridgehead atoms. The lowest BCUT2D eigenvalue weighted by atomic mass is 10.2. The molecule has 3 heterocycles. The topological polar surface area (TPSA) is 56.5 Å². The molecular formula is C38H27N5Si. The van der Waals surface area contributed by atoms with Crippen molar-refractivity contribution in [2.45, 2.75) is 0 Å². The minimum atomic E-state index is -2.78. The lowest BCUT2D eigenvalue weighted by Gasteiger charge is -2.33. The average molecular weight is 582 g/mol. The first-order valence-electron chi connectivity index (χ1n) is 14.6. The molecule has 5 aromatic carbocycles. The molecule has 0 saturated carbocycles. The van der Waals surface area contributed by atoms with Gasteiger partial charge in [-0.2, -0.15) is 0 Å². The van der Waals surface area contributed by atoms with Gasteiger partial charge >= 0.3 is 0 Å². The Bertz CT molecular complexity index is 2060. The van der Waals surface area contributed by atoms with Gasteiger partial charge in [-0.05, 0) is 33.8 Å². The lowest BCUT2D eigenvalue weighted by Crippen LogP contribution is -2.75. The number of aromatic nitrogens is 5. The van der Waals surface area contributed by atoms with Crippen molar-refractivity contribution < 1.29 is 0 Å². The third kappa shape index (κ3) is 4.15. The summed E-state index contributed by atoms with van der Waals surface area (Å²) in [5, 5.41) is 7.16. The Morgan fingerprint density at radius 2 is 0.909 bits per heavy atom. The highest BCUT2D eigenvalue weighted by molar-refractivity contribution is 7.19. The van der Waals surface area contributed by atoms with E-state index >= 15 is 0 Å². The molecule has 208 valence electrons. The average Bonchev–Trinajstić information content (AvgIpc) is 3.45. The molecular weight excluding hydrogens is 555 g/mol. The van der Waals surface area contributed by atoms with Crippen molar-refractivity contribution in [2.75, 3.05) is 0 Å². The molecule has 0 aliphatic heterocycles. The third-order valence-corrected chi connectivity index (χ3v) is 13.0. The Morgan fingerprint density at radius 1 is 0.455 bits per heavy atom. The Balaban J connectivity index is 1.29. The highest BCUT2D eigenvalue weighted by Gasteiger charge is 2.43. The molecule has 8 aromatic rings. The van der Waals surface area contributed by atoms with Gasteiger partial charge < -0.3 is 0 Å². The molecule has 0 fully saturated rings. The standard InChI is InChI=1S/C38H27N5Si/c1-4-14-29(15-5-1)44(30-16-6-2-7-17-30,31-18-8-3-9-19-31)36-24-25-39-37(42-36)28-26-40-38(41-27-28)43-34-22-12-10-20-32(34)33-21-11-13-23-35(33)43/h1-27H. The van der Waals surface area contributed by atoms with Crippen LogP contribution in [-0.2, 0) is 0 Å². The minimum Gasteiger partial charge on any atom is -0.278 e. The van der Waals surface area contributed by atoms with Gasteiger partial charge in [-0.1, -0.05) is 127 Å². The SMILES string of the molecule is c1ccc([Si](c2ccccc2)(c2ccccc2)c2ccnc(-c3cnc(-n4c5ccccc5c5ccccc54)nc3)n2)cc1. The maximum Gasteiger partial charge on any atom is 0.234 e. The van der Waals surface area contributed by atoms with E-state index in [0.717, 1.165) is 21.9 Å². The van der Waals surface area contributed by atoms with Gasteiger partial charge in [0.1, 0.15) is 0 Å². The smallest absolute Gasteiger partial charge is 0.234 e. The maximum atomic E-state index is 5.30. The van der Waals surface area contributed by atoms with Gasteiger partial charge in [-0.25, -0.2) is 19.9 Å². The summed E-state index contributed by atoms with van der Waals surface area (Å²) >= 11 is 0. The van der Waals surface area contributed by atoms with Crippen molar-refractivity contribution in [3.63, 3.8) is 0 Å². The van der Waals surface area contributed by atoms with Crippen molar-refractivity contribution in [1.82, 2.24) is 24.5 Å². The summed E-state index contributed by atoms with van der Waals surface area (Å²) in [7, 11) is -2.78. The molecule has 0 saturated heterocycles. The van der Waals surface area contributed by atoms with E-state index in [4.69, 9.17) is 19.9 Å². The zero-order chi connectivity index (χ0) is 29.3. The second kappa shape index (κ2) is 10.8. The third-order valence-electron chi connectivity index (χ3n) is 8.34. The van der Waals surface area contributed by atoms with Crippen molar-refractivity contribution in [3.8, 4) is 17.3 Å². The Hall–Kier alpha value is -5.72. The summed E-state index contributed by atoms with van der Waals surface area (Å²) < 4.78 is 2.11. The first kappa shape index (κ1) is 25.9. The van der Waals surface area contributed by atoms with Gasteiger partial charge in [0.15, 0.2) is 5.82 Å². The Morgan fingerprint density at radius 3 is 1.41 bits per heavy atom. The van der Waals surface area contributed by atoms with Gasteiger partial charge in [0, 0.05) is 34.7 Å². The van der Waals surface area contributed by atoms with Gasteiger partial charge in [0.2, 0.25) is 14.0 Å². The second-order valence-electron chi connectivity index (χ2n) is 10.8. The van der Waals surface area contributed by atoms with E-state index in [9.17, 15) is 0 Å². The van der Waals surface area contributed by atoms with Gasteiger partial charge in [-0.15, -0.1) is 0 Å². The summed E-state index contributed by atoms with van der Waals surface area (Å²) in [6, 6.07) is 51.1. The number of nitrogens with zero attached hydrogens (tertiary/aromatic N) is 5. The van der Waals surface area contributed by atoms with Crippen molar-refractivity contribution in [1.29, 1.82) is 0 Å². The molecule has 0 unspecified atom stereocenters. The van der Waals surface area contributed by atoms with Crippen LogP contribution in [0.15, 0.2) is 164 Å². The normalized spacial score (nSPS) is 11.6. The number of rotatable bonds is 6. The van der Waals surface area contributed by atoms with E-state index < -0.39 is 8.07 Å². The van der Waals surface area contributed by atoms with Crippen LogP contribution < -0.4 is 20.9 Å². The molecule has 0 aliphatic rings. The fraction of sp³-hybridized carbons (Fsp3) is 0. The molecule has 3 aromatic heterocycles. The molecule has 0 amide bonds. The van der Waals surface area contributed by atoms with E-state index in [0.29, 0.717) is 11.8 Å². The van der Waals surface area contributed by atoms with Crippen LogP contribution in [0, 0.1) is 0 Å². The summed E-state index contributed by atoms with van der Waals surface area (Å²) in [6.07, 6.45) is 5.54. The van der Waals surface area contributed by atoms with Crippen LogP contribution in [0.5, 0.6) is 0 Å². The molecule has 0 spiro atoms. The Kier molecular flexibility index (Phi) is 6.39. The first-order valence-corrected chi connectivity index (χ1v) is 16.6. The molecule has 0 radical (unpaired) electrons. The van der Waals surface area contributed by atoms with Crippen molar-refractivity contribution >= 4 is 50.8 Å². The van der Waals surface area contributed by atoms with Crippen LogP contribution in [0.2, 0.25) is 0 Å². The van der Waals surface area contributed by atoms with Crippen LogP contribution in [-0.4, -0.2) is 32.6 Å². The maximum absolute atomic E-state index is 5.30. The molecule has 0 atom stereocenters. The molecule has 0 aliphatic carbocycles. The highest BCUT2D eigenvalue weighted by atomic mass is 28.3. The summed E-state index contributed by atoms with van der Waals surface area (Å²) in [6.45, 7) is 0. The van der Waals surface area contributed by atoms with Gasteiger partial charge in [-0.3, -0.25) is 4.57 Å². The lowest BCUT2D eigenvalue weighted by molar-refractivity contribution is 0.985. The van der Waals surface area contributed by atoms with Crippen LogP contribution in [0.25, 0.3) is 39.1 Å². The fourth-order valence-electron chi connectivity index (χ4n) is 6.40. The zero-order valence-electron chi connectivity index (χ0n) is 23.8. The van der Waals surface area contributed by atoms with Crippen molar-refractivity contribution in [3.05, 3.63) is 164 Å². The van der Waals surface area contributed by atoms with E-state index in [1.54, 1.807) is 0 Å². The molecule has 6 heteroatoms. The minimum absolute atomic E-state index is 0.607. The van der Waals surface area contributed by atoms with Gasteiger partial charge in [0.05, 0.1) is 16.6 Å². The first-order chi connectivity index (χ1) is 21.8. The van der Waals surface area contributed by atoms with Crippen LogP contribution in [0.4, 0.5) is 0 Å². The predicted molar refractivity (Wildman–Crippen MR) is 181 cm³/mol. The number of hydrogen-bond donors (Lipinski definition) is 0. The largest absolute Gasteiger partial charge is 0.278 e. The van der Waals surface area contributed by atoms with Gasteiger partial charge in [0.25, 0.3) is 0 Å². The van der Waals surface area contributed by atoms with Crippen LogP contribution >= 0.6 is 0 Å². The summed E-state index contributed by atoms with van der Waals surface area (Å²) in [4.78, 5) is 19.7. The van der Waals surface area contributed by atoms with Crippen LogP contribution in [0.3, 0.4) is 0 Å². The van der Waals surface area contributed by atoms with Crippen LogP contribution in [0.1, 0.15) is 0 Å². The monoisotopic (exact) mass is 581 g/mol. The molecule has 44 heavy (non-hydrogen) atoms. The van der Waals surface area contributed by atoms with E-state index in [1.165, 1.54) is 26.3 Å². The molecule has 8 rings (SSSR count). The quantitative estimate of drug-likeness (QED) is 0.195. The van der Waals surface area contributed by atoms with E-state index in [1.807, 2.05) is 30.7 Å². The number of benzene rings is 5. The van der Waals surface area contributed by atoms with E-state index in [2.05, 4.69) is 138 Å². The second-order valence-corrected chi connectivity index (χ2v) is 14.5. The number of para-hydroxylation sites is 2. The number of hydrogen-bond acceptors (Lipinski definition) is 4. The number of fused-ring (bicyclic) bond motifs is 3. The zero-order valence-corrected chi connectivity index (χ0v) is 24.8. The predicted octanol–water partition coefficient (Wildman–Crippen LogP) is 5.41.